The fourth-order valence-electron chi connectivity index (χ4n) is 0.470. The third-order valence-corrected chi connectivity index (χ3v) is 1.63. The van der Waals surface area contributed by atoms with Crippen molar-refractivity contribution >= 4 is 11.3 Å². The van der Waals surface area contributed by atoms with E-state index in [9.17, 15) is 0 Å². The average molecular weight is 139 g/mol. The molecule has 0 saturated carbocycles. The van der Waals surface area contributed by atoms with Crippen molar-refractivity contribution < 1.29 is 5.11 Å². The van der Waals surface area contributed by atoms with Gasteiger partial charge in [-0.05, 0) is 0 Å². The molecule has 0 aliphatic heterocycles. The van der Waals surface area contributed by atoms with E-state index in [1.807, 2.05) is 0 Å². The van der Waals surface area contributed by atoms with Gasteiger partial charge in [0, 0.05) is 0 Å². The minimum Gasteiger partial charge on any atom is -0.493 e. The van der Waals surface area contributed by atoms with Gasteiger partial charge in [-0.3, -0.25) is 0 Å². The van der Waals surface area contributed by atoms with E-state index in [1.165, 1.54) is 11.3 Å². The summed E-state index contributed by atoms with van der Waals surface area (Å²) in [5, 5.41) is 11.1. The van der Waals surface area contributed by atoms with Gasteiger partial charge in [-0.25, -0.2) is 4.98 Å². The first kappa shape index (κ1) is 6.12. The van der Waals surface area contributed by atoms with Crippen LogP contribution in [0.25, 0.3) is 0 Å². The first-order valence-corrected chi connectivity index (χ1v) is 3.27. The van der Waals surface area contributed by atoms with Crippen molar-refractivity contribution in [2.45, 2.75) is 6.42 Å². The highest BCUT2D eigenvalue weighted by Crippen LogP contribution is 2.13. The Labute approximate surface area is 57.2 Å². The highest BCUT2D eigenvalue weighted by molar-refractivity contribution is 7.09. The molecule has 9 heavy (non-hydrogen) atoms. The molecular formula is C6H5NOS. The summed E-state index contributed by atoms with van der Waals surface area (Å²) < 4.78 is 0. The summed E-state index contributed by atoms with van der Waals surface area (Å²) >= 11 is 1.37. The maximum Gasteiger partial charge on any atom is 0.222 e. The summed E-state index contributed by atoms with van der Waals surface area (Å²) in [5.74, 6) is 2.49. The summed E-state index contributed by atoms with van der Waals surface area (Å²) in [4.78, 5) is 3.73. The number of rotatable bonds is 1. The van der Waals surface area contributed by atoms with Gasteiger partial charge in [0.05, 0.1) is 11.8 Å². The minimum absolute atomic E-state index is 0.0604. The number of nitrogens with zero attached hydrogens (tertiary/aromatic N) is 1. The Kier molecular flexibility index (Phi) is 1.71. The van der Waals surface area contributed by atoms with Crippen LogP contribution in [0.15, 0.2) is 5.38 Å². The van der Waals surface area contributed by atoms with Gasteiger partial charge in [-0.15, -0.1) is 17.8 Å². The molecule has 1 aromatic heterocycles. The van der Waals surface area contributed by atoms with E-state index in [0.717, 1.165) is 5.01 Å². The Morgan fingerprint density at radius 3 is 3.11 bits per heavy atom. The van der Waals surface area contributed by atoms with Crippen molar-refractivity contribution in [2.75, 3.05) is 0 Å². The van der Waals surface area contributed by atoms with Crippen LogP contribution in [0.1, 0.15) is 5.01 Å². The number of hydrogen-bond donors (Lipinski definition) is 1. The maximum absolute atomic E-state index is 8.71. The predicted molar refractivity (Wildman–Crippen MR) is 36.3 cm³/mol. The lowest BCUT2D eigenvalue weighted by molar-refractivity contribution is 0.456. The van der Waals surface area contributed by atoms with Crippen LogP contribution in [0.2, 0.25) is 0 Å². The van der Waals surface area contributed by atoms with Gasteiger partial charge in [0.15, 0.2) is 0 Å². The van der Waals surface area contributed by atoms with Crippen LogP contribution in [0.4, 0.5) is 0 Å². The Bertz CT molecular complexity index is 235. The number of terminal acetylenes is 1. The quantitative estimate of drug-likeness (QED) is 0.589. The lowest BCUT2D eigenvalue weighted by atomic mass is 10.5. The Morgan fingerprint density at radius 2 is 2.67 bits per heavy atom. The van der Waals surface area contributed by atoms with Crippen molar-refractivity contribution in [3.05, 3.63) is 10.4 Å². The minimum atomic E-state index is 0.0604. The smallest absolute Gasteiger partial charge is 0.222 e. The van der Waals surface area contributed by atoms with Gasteiger partial charge in [0.25, 0.3) is 0 Å². The van der Waals surface area contributed by atoms with E-state index in [4.69, 9.17) is 11.5 Å². The Balaban J connectivity index is 2.76. The van der Waals surface area contributed by atoms with Crippen LogP contribution in [-0.4, -0.2) is 10.1 Å². The topological polar surface area (TPSA) is 33.1 Å². The van der Waals surface area contributed by atoms with Crippen LogP contribution < -0.4 is 0 Å². The van der Waals surface area contributed by atoms with Crippen LogP contribution in [0.3, 0.4) is 0 Å². The second-order valence-corrected chi connectivity index (χ2v) is 2.42. The molecule has 1 rings (SSSR count). The predicted octanol–water partition coefficient (Wildman–Crippen LogP) is 1.02. The zero-order valence-corrected chi connectivity index (χ0v) is 5.48. The maximum atomic E-state index is 8.71. The van der Waals surface area contributed by atoms with Crippen molar-refractivity contribution in [3.63, 3.8) is 0 Å². The molecule has 0 unspecified atom stereocenters. The van der Waals surface area contributed by atoms with E-state index >= 15 is 0 Å². The van der Waals surface area contributed by atoms with Crippen molar-refractivity contribution in [3.8, 4) is 18.2 Å². The van der Waals surface area contributed by atoms with Crippen molar-refractivity contribution in [2.24, 2.45) is 0 Å². The van der Waals surface area contributed by atoms with Crippen LogP contribution in [0.5, 0.6) is 5.88 Å². The fraction of sp³-hybridized carbons (Fsp3) is 0.167. The largest absolute Gasteiger partial charge is 0.493 e. The molecule has 0 aromatic carbocycles. The number of thiazole rings is 1. The first-order valence-electron chi connectivity index (χ1n) is 2.40. The van der Waals surface area contributed by atoms with E-state index in [-0.39, 0.29) is 5.88 Å². The molecule has 46 valence electrons. The molecule has 0 atom stereocenters. The summed E-state index contributed by atoms with van der Waals surface area (Å²) in [7, 11) is 0. The van der Waals surface area contributed by atoms with E-state index in [2.05, 4.69) is 10.9 Å². The molecule has 1 heterocycles. The van der Waals surface area contributed by atoms with E-state index in [0.29, 0.717) is 6.42 Å². The second-order valence-electron chi connectivity index (χ2n) is 1.48. The molecule has 2 nitrogen and oxygen atoms in total. The molecule has 1 N–H and O–H groups in total. The molecule has 3 heteroatoms. The first-order chi connectivity index (χ1) is 4.33. The lowest BCUT2D eigenvalue weighted by Crippen LogP contribution is -1.75. The highest BCUT2D eigenvalue weighted by atomic mass is 32.1. The molecule has 0 radical (unpaired) electrons. The molecule has 1 aromatic rings. The van der Waals surface area contributed by atoms with Gasteiger partial charge >= 0.3 is 0 Å². The summed E-state index contributed by atoms with van der Waals surface area (Å²) in [6.07, 6.45) is 5.51. The van der Waals surface area contributed by atoms with Gasteiger partial charge in [-0.1, -0.05) is 5.92 Å². The third-order valence-electron chi connectivity index (χ3n) is 0.793. The third kappa shape index (κ3) is 1.44. The van der Waals surface area contributed by atoms with Gasteiger partial charge < -0.3 is 5.11 Å². The average Bonchev–Trinajstić information content (AvgIpc) is 2.17. The molecule has 0 fully saturated rings. The molecular weight excluding hydrogens is 134 g/mol. The van der Waals surface area contributed by atoms with Crippen LogP contribution in [0, 0.1) is 12.3 Å². The molecule has 0 aliphatic carbocycles. The molecule has 0 aliphatic rings. The van der Waals surface area contributed by atoms with Crippen LogP contribution >= 0.6 is 11.3 Å². The summed E-state index contributed by atoms with van der Waals surface area (Å²) in [6, 6.07) is 0. The van der Waals surface area contributed by atoms with Crippen molar-refractivity contribution in [1.82, 2.24) is 4.98 Å². The number of aromatic hydroxyl groups is 1. The summed E-state index contributed by atoms with van der Waals surface area (Å²) in [5.41, 5.74) is 0. The SMILES string of the molecule is C#CCc1nc(O)cs1. The fourth-order valence-corrected chi connectivity index (χ4v) is 1.08. The number of hydrogen-bond acceptors (Lipinski definition) is 3. The standard InChI is InChI=1S/C6H5NOS/c1-2-3-6-7-5(8)4-9-6/h1,4,8H,3H2. The molecule has 0 amide bonds. The Hall–Kier alpha value is -1.01. The van der Waals surface area contributed by atoms with Crippen LogP contribution in [-0.2, 0) is 6.42 Å². The number of aromatic nitrogens is 1. The second kappa shape index (κ2) is 2.51. The lowest BCUT2D eigenvalue weighted by Gasteiger charge is -1.78. The molecule has 0 saturated heterocycles. The summed E-state index contributed by atoms with van der Waals surface area (Å²) in [6.45, 7) is 0. The Morgan fingerprint density at radius 1 is 1.89 bits per heavy atom. The molecule has 0 bridgehead atoms. The van der Waals surface area contributed by atoms with E-state index in [1.54, 1.807) is 5.38 Å². The van der Waals surface area contributed by atoms with Gasteiger partial charge in [0.2, 0.25) is 5.88 Å². The van der Waals surface area contributed by atoms with Gasteiger partial charge in [0.1, 0.15) is 5.01 Å². The zero-order chi connectivity index (χ0) is 6.69. The zero-order valence-electron chi connectivity index (χ0n) is 4.66. The molecule has 0 spiro atoms. The monoisotopic (exact) mass is 139 g/mol. The highest BCUT2D eigenvalue weighted by Gasteiger charge is 1.95. The van der Waals surface area contributed by atoms with Gasteiger partial charge in [-0.2, -0.15) is 0 Å². The van der Waals surface area contributed by atoms with E-state index < -0.39 is 0 Å². The van der Waals surface area contributed by atoms with Crippen molar-refractivity contribution in [1.29, 1.82) is 0 Å². The normalized spacial score (nSPS) is 8.78.